The fraction of sp³-hybridized carbons (Fsp3) is 0.364. The normalized spacial score (nSPS) is 14.1. The van der Waals surface area contributed by atoms with Crippen LogP contribution in [0.5, 0.6) is 0 Å². The maximum atomic E-state index is 12.8. The van der Waals surface area contributed by atoms with E-state index < -0.39 is 10.0 Å². The van der Waals surface area contributed by atoms with Gasteiger partial charge in [-0.2, -0.15) is 0 Å². The minimum atomic E-state index is -3.80. The van der Waals surface area contributed by atoms with Crippen molar-refractivity contribution in [3.63, 3.8) is 0 Å². The van der Waals surface area contributed by atoms with E-state index in [1.54, 1.807) is 47.4 Å². The largest absolute Gasteiger partial charge is 0.347 e. The molecule has 8 heteroatoms. The molecule has 0 saturated heterocycles. The number of nitrogens with zero attached hydrogens (tertiary/aromatic N) is 1. The molecule has 0 bridgehead atoms. The maximum Gasteiger partial charge on any atom is 0.261 e. The SMILES string of the molecule is CC(=O)N1CCc2ccc(S(=O)(=O)Nc3ccc(C(=O)NC(C)(C)C)cc3)cc2C1. The van der Waals surface area contributed by atoms with Crippen molar-refractivity contribution in [2.75, 3.05) is 11.3 Å². The number of hydrogen-bond donors (Lipinski definition) is 2. The van der Waals surface area contributed by atoms with E-state index in [0.29, 0.717) is 30.8 Å². The summed E-state index contributed by atoms with van der Waals surface area (Å²) in [7, 11) is -3.80. The molecule has 2 amide bonds. The van der Waals surface area contributed by atoms with Gasteiger partial charge < -0.3 is 10.2 Å². The fourth-order valence-electron chi connectivity index (χ4n) is 3.29. The zero-order valence-corrected chi connectivity index (χ0v) is 18.5. The highest BCUT2D eigenvalue weighted by atomic mass is 32.2. The molecular weight excluding hydrogens is 402 g/mol. The van der Waals surface area contributed by atoms with Crippen molar-refractivity contribution in [1.29, 1.82) is 0 Å². The lowest BCUT2D eigenvalue weighted by Gasteiger charge is -2.28. The summed E-state index contributed by atoms with van der Waals surface area (Å²) in [5.74, 6) is -0.246. The lowest BCUT2D eigenvalue weighted by atomic mass is 10.00. The van der Waals surface area contributed by atoms with Crippen LogP contribution < -0.4 is 10.0 Å². The molecule has 0 saturated carbocycles. The number of fused-ring (bicyclic) bond motifs is 1. The van der Waals surface area contributed by atoms with Crippen LogP contribution in [0.2, 0.25) is 0 Å². The minimum absolute atomic E-state index is 0.0253. The van der Waals surface area contributed by atoms with Crippen LogP contribution in [-0.2, 0) is 27.8 Å². The van der Waals surface area contributed by atoms with Crippen LogP contribution >= 0.6 is 0 Å². The molecule has 0 atom stereocenters. The van der Waals surface area contributed by atoms with Gasteiger partial charge in [0, 0.05) is 36.8 Å². The first kappa shape index (κ1) is 21.8. The molecule has 0 unspecified atom stereocenters. The smallest absolute Gasteiger partial charge is 0.261 e. The highest BCUT2D eigenvalue weighted by Crippen LogP contribution is 2.24. The molecule has 30 heavy (non-hydrogen) atoms. The molecule has 1 aliphatic rings. The van der Waals surface area contributed by atoms with Gasteiger partial charge in [-0.1, -0.05) is 6.07 Å². The first-order valence-electron chi connectivity index (χ1n) is 9.77. The fourth-order valence-corrected chi connectivity index (χ4v) is 4.39. The predicted molar refractivity (Wildman–Crippen MR) is 116 cm³/mol. The Labute approximate surface area is 177 Å². The van der Waals surface area contributed by atoms with Crippen LogP contribution in [0.1, 0.15) is 49.2 Å². The average molecular weight is 430 g/mol. The Kier molecular flexibility index (Phi) is 5.90. The summed E-state index contributed by atoms with van der Waals surface area (Å²) >= 11 is 0. The molecule has 2 aromatic carbocycles. The monoisotopic (exact) mass is 429 g/mol. The van der Waals surface area contributed by atoms with E-state index in [0.717, 1.165) is 11.1 Å². The van der Waals surface area contributed by atoms with Crippen LogP contribution in [0.25, 0.3) is 0 Å². The van der Waals surface area contributed by atoms with Crippen molar-refractivity contribution in [2.45, 2.75) is 51.1 Å². The summed E-state index contributed by atoms with van der Waals surface area (Å²) in [5, 5.41) is 2.86. The van der Waals surface area contributed by atoms with E-state index in [1.807, 2.05) is 20.8 Å². The maximum absolute atomic E-state index is 12.8. The summed E-state index contributed by atoms with van der Waals surface area (Å²) in [6.45, 7) is 8.23. The summed E-state index contributed by atoms with van der Waals surface area (Å²) in [6, 6.07) is 11.3. The number of carbonyl (C=O) groups is 2. The lowest BCUT2D eigenvalue weighted by Crippen LogP contribution is -2.40. The Morgan fingerprint density at radius 2 is 1.67 bits per heavy atom. The second kappa shape index (κ2) is 8.10. The molecule has 0 radical (unpaired) electrons. The Morgan fingerprint density at radius 1 is 1.00 bits per heavy atom. The molecule has 0 aliphatic carbocycles. The Bertz CT molecular complexity index is 1070. The number of sulfonamides is 1. The highest BCUT2D eigenvalue weighted by Gasteiger charge is 2.22. The third kappa shape index (κ3) is 5.18. The second-order valence-electron chi connectivity index (χ2n) is 8.51. The molecule has 7 nitrogen and oxygen atoms in total. The van der Waals surface area contributed by atoms with Gasteiger partial charge in [-0.05, 0) is 74.7 Å². The lowest BCUT2D eigenvalue weighted by molar-refractivity contribution is -0.129. The Morgan fingerprint density at radius 3 is 2.27 bits per heavy atom. The zero-order chi connectivity index (χ0) is 22.1. The first-order chi connectivity index (χ1) is 13.9. The van der Waals surface area contributed by atoms with Gasteiger partial charge >= 0.3 is 0 Å². The van der Waals surface area contributed by atoms with Gasteiger partial charge in [0.2, 0.25) is 5.91 Å². The number of amides is 2. The van der Waals surface area contributed by atoms with Gasteiger partial charge in [-0.15, -0.1) is 0 Å². The van der Waals surface area contributed by atoms with Crippen molar-refractivity contribution < 1.29 is 18.0 Å². The molecule has 2 N–H and O–H groups in total. The summed E-state index contributed by atoms with van der Waals surface area (Å²) in [4.78, 5) is 25.7. The van der Waals surface area contributed by atoms with Gasteiger partial charge in [0.25, 0.3) is 15.9 Å². The number of hydrogen-bond acceptors (Lipinski definition) is 4. The van der Waals surface area contributed by atoms with E-state index in [9.17, 15) is 18.0 Å². The van der Waals surface area contributed by atoms with Crippen molar-refractivity contribution in [1.82, 2.24) is 10.2 Å². The quantitative estimate of drug-likeness (QED) is 0.781. The first-order valence-corrected chi connectivity index (χ1v) is 11.3. The van der Waals surface area contributed by atoms with Crippen molar-refractivity contribution in [3.05, 3.63) is 59.2 Å². The van der Waals surface area contributed by atoms with Gasteiger partial charge in [0.05, 0.1) is 4.90 Å². The van der Waals surface area contributed by atoms with Crippen molar-refractivity contribution in [3.8, 4) is 0 Å². The highest BCUT2D eigenvalue weighted by molar-refractivity contribution is 7.92. The molecule has 0 aromatic heterocycles. The number of nitrogens with one attached hydrogen (secondary N) is 2. The van der Waals surface area contributed by atoms with Crippen LogP contribution in [0, 0.1) is 0 Å². The molecule has 0 spiro atoms. The minimum Gasteiger partial charge on any atom is -0.347 e. The van der Waals surface area contributed by atoms with Crippen LogP contribution in [0.3, 0.4) is 0 Å². The van der Waals surface area contributed by atoms with E-state index in [2.05, 4.69) is 10.0 Å². The molecule has 160 valence electrons. The molecule has 3 rings (SSSR count). The summed E-state index contributed by atoms with van der Waals surface area (Å²) < 4.78 is 28.2. The summed E-state index contributed by atoms with van der Waals surface area (Å²) in [5.41, 5.74) is 2.35. The van der Waals surface area contributed by atoms with Crippen molar-refractivity contribution >= 4 is 27.5 Å². The molecular formula is C22H27N3O4S. The van der Waals surface area contributed by atoms with Gasteiger partial charge in [0.15, 0.2) is 0 Å². The van der Waals surface area contributed by atoms with Gasteiger partial charge in [-0.25, -0.2) is 8.42 Å². The second-order valence-corrected chi connectivity index (χ2v) is 10.2. The molecule has 2 aromatic rings. The topological polar surface area (TPSA) is 95.6 Å². The predicted octanol–water partition coefficient (Wildman–Crippen LogP) is 2.92. The Hall–Kier alpha value is -2.87. The van der Waals surface area contributed by atoms with Gasteiger partial charge in [-0.3, -0.25) is 14.3 Å². The number of anilines is 1. The number of rotatable bonds is 4. The van der Waals surface area contributed by atoms with Crippen LogP contribution in [-0.4, -0.2) is 37.2 Å². The van der Waals surface area contributed by atoms with Crippen LogP contribution in [0.4, 0.5) is 5.69 Å². The van der Waals surface area contributed by atoms with Crippen LogP contribution in [0.15, 0.2) is 47.4 Å². The summed E-state index contributed by atoms with van der Waals surface area (Å²) in [6.07, 6.45) is 0.709. The zero-order valence-electron chi connectivity index (χ0n) is 17.7. The van der Waals surface area contributed by atoms with E-state index in [4.69, 9.17) is 0 Å². The Balaban J connectivity index is 1.76. The number of carbonyl (C=O) groups excluding carboxylic acids is 2. The molecule has 1 heterocycles. The van der Waals surface area contributed by atoms with Crippen molar-refractivity contribution in [2.24, 2.45) is 0 Å². The van der Waals surface area contributed by atoms with E-state index in [1.165, 1.54) is 6.92 Å². The molecule has 1 aliphatic heterocycles. The number of benzene rings is 2. The third-order valence-corrected chi connectivity index (χ3v) is 6.21. The molecule has 0 fully saturated rings. The van der Waals surface area contributed by atoms with Gasteiger partial charge in [0.1, 0.15) is 0 Å². The standard InChI is InChI=1S/C22H27N3O4S/c1-15(26)25-12-11-16-7-10-20(13-18(16)14-25)30(28,29)24-19-8-5-17(6-9-19)21(27)23-22(2,3)4/h5-10,13,24H,11-12,14H2,1-4H3,(H,23,27). The third-order valence-electron chi connectivity index (χ3n) is 4.83. The van der Waals surface area contributed by atoms with E-state index in [-0.39, 0.29) is 22.2 Å². The average Bonchev–Trinajstić information content (AvgIpc) is 2.66. The van der Waals surface area contributed by atoms with E-state index >= 15 is 0 Å².